The second-order valence-corrected chi connectivity index (χ2v) is 5.65. The van der Waals surface area contributed by atoms with Crippen molar-refractivity contribution in [1.29, 1.82) is 0 Å². The Morgan fingerprint density at radius 3 is 2.50 bits per heavy atom. The van der Waals surface area contributed by atoms with Gasteiger partial charge in [0.15, 0.2) is 5.82 Å². The molecule has 3 atom stereocenters. The van der Waals surface area contributed by atoms with Gasteiger partial charge in [0.1, 0.15) is 0 Å². The largest absolute Gasteiger partial charge is 0.373 e. The van der Waals surface area contributed by atoms with E-state index < -0.39 is 0 Å². The number of nitrogens with zero attached hydrogens (tertiary/aromatic N) is 3. The third-order valence-electron chi connectivity index (χ3n) is 3.75. The van der Waals surface area contributed by atoms with Crippen LogP contribution in [-0.4, -0.2) is 40.3 Å². The monoisotopic (exact) mass is 251 g/mol. The molecule has 3 rings (SSSR count). The van der Waals surface area contributed by atoms with Gasteiger partial charge in [-0.3, -0.25) is 4.90 Å². The summed E-state index contributed by atoms with van der Waals surface area (Å²) in [6, 6.07) is 0.179. The Balaban J connectivity index is 1.69. The van der Waals surface area contributed by atoms with E-state index in [1.165, 1.54) is 12.8 Å². The van der Waals surface area contributed by atoms with Gasteiger partial charge in [0.05, 0.1) is 18.2 Å². The number of ether oxygens (including phenoxy) is 1. The van der Waals surface area contributed by atoms with Crippen LogP contribution in [0, 0.1) is 0 Å². The van der Waals surface area contributed by atoms with E-state index in [1.807, 2.05) is 0 Å². The van der Waals surface area contributed by atoms with Crippen LogP contribution in [0.4, 0.5) is 0 Å². The van der Waals surface area contributed by atoms with Crippen molar-refractivity contribution in [1.82, 2.24) is 15.0 Å². The first-order valence-electron chi connectivity index (χ1n) is 6.86. The van der Waals surface area contributed by atoms with Crippen molar-refractivity contribution in [2.45, 2.75) is 57.8 Å². The Kier molecular flexibility index (Phi) is 3.11. The van der Waals surface area contributed by atoms with Gasteiger partial charge in [-0.25, -0.2) is 0 Å². The topological polar surface area (TPSA) is 51.4 Å². The van der Waals surface area contributed by atoms with Gasteiger partial charge >= 0.3 is 0 Å². The Labute approximate surface area is 107 Å². The molecule has 1 aliphatic heterocycles. The molecular formula is C13H21N3O2. The van der Waals surface area contributed by atoms with Crippen LogP contribution in [0.5, 0.6) is 0 Å². The lowest BCUT2D eigenvalue weighted by Crippen LogP contribution is -2.46. The van der Waals surface area contributed by atoms with Gasteiger partial charge in [-0.1, -0.05) is 5.16 Å². The fourth-order valence-electron chi connectivity index (χ4n) is 2.61. The predicted molar refractivity (Wildman–Crippen MR) is 66.3 cm³/mol. The molecule has 0 N–H and O–H groups in total. The molecule has 0 aromatic carbocycles. The molecule has 0 bridgehead atoms. The second kappa shape index (κ2) is 4.63. The van der Waals surface area contributed by atoms with Crippen LogP contribution in [0.1, 0.15) is 57.3 Å². The molecule has 5 nitrogen and oxygen atoms in total. The van der Waals surface area contributed by atoms with E-state index in [-0.39, 0.29) is 18.2 Å². The quantitative estimate of drug-likeness (QED) is 0.823. The van der Waals surface area contributed by atoms with E-state index in [0.29, 0.717) is 5.92 Å². The summed E-state index contributed by atoms with van der Waals surface area (Å²) in [5, 5.41) is 4.09. The molecule has 2 fully saturated rings. The zero-order valence-electron chi connectivity index (χ0n) is 11.3. The van der Waals surface area contributed by atoms with Crippen molar-refractivity contribution in [3.05, 3.63) is 11.7 Å². The summed E-state index contributed by atoms with van der Waals surface area (Å²) in [5.74, 6) is 2.20. The Bertz CT molecular complexity index is 406. The lowest BCUT2D eigenvalue weighted by atomic mass is 10.2. The maximum Gasteiger partial charge on any atom is 0.243 e. The van der Waals surface area contributed by atoms with Crippen molar-refractivity contribution >= 4 is 0 Å². The fourth-order valence-corrected chi connectivity index (χ4v) is 2.61. The molecule has 0 spiro atoms. The van der Waals surface area contributed by atoms with Crippen molar-refractivity contribution in [3.63, 3.8) is 0 Å². The predicted octanol–water partition coefficient (Wildman–Crippen LogP) is 2.12. The first kappa shape index (κ1) is 12.1. The normalized spacial score (nSPS) is 31.5. The minimum absolute atomic E-state index is 0.179. The minimum Gasteiger partial charge on any atom is -0.373 e. The van der Waals surface area contributed by atoms with Gasteiger partial charge in [0.25, 0.3) is 0 Å². The van der Waals surface area contributed by atoms with Crippen molar-refractivity contribution in [3.8, 4) is 0 Å². The van der Waals surface area contributed by atoms with Gasteiger partial charge in [0.2, 0.25) is 5.89 Å². The lowest BCUT2D eigenvalue weighted by molar-refractivity contribution is -0.0818. The lowest BCUT2D eigenvalue weighted by Gasteiger charge is -2.37. The maximum atomic E-state index is 5.75. The summed E-state index contributed by atoms with van der Waals surface area (Å²) in [6.07, 6.45) is 2.95. The molecule has 5 heteroatoms. The third kappa shape index (κ3) is 2.42. The molecule has 1 saturated carbocycles. The smallest absolute Gasteiger partial charge is 0.243 e. The summed E-state index contributed by atoms with van der Waals surface area (Å²) < 4.78 is 11.2. The Hall–Kier alpha value is -0.940. The second-order valence-electron chi connectivity index (χ2n) is 5.65. The minimum atomic E-state index is 0.179. The first-order valence-corrected chi connectivity index (χ1v) is 6.86. The van der Waals surface area contributed by atoms with Crippen LogP contribution in [0.25, 0.3) is 0 Å². The van der Waals surface area contributed by atoms with E-state index in [0.717, 1.165) is 24.8 Å². The van der Waals surface area contributed by atoms with Crippen LogP contribution in [-0.2, 0) is 4.74 Å². The van der Waals surface area contributed by atoms with Crippen LogP contribution < -0.4 is 0 Å². The average Bonchev–Trinajstić information content (AvgIpc) is 3.05. The van der Waals surface area contributed by atoms with Crippen LogP contribution >= 0.6 is 0 Å². The van der Waals surface area contributed by atoms with Gasteiger partial charge in [-0.2, -0.15) is 4.98 Å². The van der Waals surface area contributed by atoms with Gasteiger partial charge in [0, 0.05) is 19.0 Å². The van der Waals surface area contributed by atoms with Crippen LogP contribution in [0.3, 0.4) is 0 Å². The molecule has 1 aromatic rings. The maximum absolute atomic E-state index is 5.75. The molecule has 0 unspecified atom stereocenters. The van der Waals surface area contributed by atoms with E-state index in [2.05, 4.69) is 35.8 Å². The molecule has 2 aliphatic rings. The molecule has 1 saturated heterocycles. The summed E-state index contributed by atoms with van der Waals surface area (Å²) >= 11 is 0. The molecule has 0 radical (unpaired) electrons. The molecule has 0 amide bonds. The molecular weight excluding hydrogens is 230 g/mol. The van der Waals surface area contributed by atoms with Crippen LogP contribution in [0.15, 0.2) is 4.52 Å². The number of hydrogen-bond acceptors (Lipinski definition) is 5. The van der Waals surface area contributed by atoms with E-state index in [1.54, 1.807) is 0 Å². The summed E-state index contributed by atoms with van der Waals surface area (Å²) in [6.45, 7) is 8.20. The van der Waals surface area contributed by atoms with E-state index >= 15 is 0 Å². The zero-order valence-corrected chi connectivity index (χ0v) is 11.3. The third-order valence-corrected chi connectivity index (χ3v) is 3.75. The van der Waals surface area contributed by atoms with Crippen molar-refractivity contribution in [2.24, 2.45) is 0 Å². The first-order chi connectivity index (χ1) is 8.63. The highest BCUT2D eigenvalue weighted by Gasteiger charge is 2.32. The molecule has 1 aliphatic carbocycles. The number of morpholine rings is 1. The molecule has 100 valence electrons. The highest BCUT2D eigenvalue weighted by atomic mass is 16.5. The van der Waals surface area contributed by atoms with Crippen molar-refractivity contribution in [2.75, 3.05) is 13.1 Å². The van der Waals surface area contributed by atoms with Gasteiger partial charge in [-0.15, -0.1) is 0 Å². The van der Waals surface area contributed by atoms with Crippen molar-refractivity contribution < 1.29 is 9.26 Å². The molecule has 2 heterocycles. The van der Waals surface area contributed by atoms with E-state index in [9.17, 15) is 0 Å². The van der Waals surface area contributed by atoms with Gasteiger partial charge in [-0.05, 0) is 33.6 Å². The fraction of sp³-hybridized carbons (Fsp3) is 0.846. The highest BCUT2D eigenvalue weighted by molar-refractivity contribution is 5.05. The standard InChI is InChI=1S/C13H21N3O2/c1-8-6-16(7-9(2)17-8)10(3)13-14-12(15-18-13)11-4-5-11/h8-11H,4-7H2,1-3H3/t8-,9-,10+/m1/s1. The average molecular weight is 251 g/mol. The van der Waals surface area contributed by atoms with Crippen LogP contribution in [0.2, 0.25) is 0 Å². The number of hydrogen-bond donors (Lipinski definition) is 0. The molecule has 1 aromatic heterocycles. The van der Waals surface area contributed by atoms with E-state index in [4.69, 9.17) is 9.26 Å². The Morgan fingerprint density at radius 1 is 1.22 bits per heavy atom. The summed E-state index contributed by atoms with van der Waals surface area (Å²) in [4.78, 5) is 6.90. The molecule has 18 heavy (non-hydrogen) atoms. The SMILES string of the molecule is C[C@@H]1CN([C@@H](C)c2nc(C3CC3)no2)C[C@@H](C)O1. The summed E-state index contributed by atoms with van der Waals surface area (Å²) in [7, 11) is 0. The number of aromatic nitrogens is 2. The Morgan fingerprint density at radius 2 is 1.89 bits per heavy atom. The van der Waals surface area contributed by atoms with Gasteiger partial charge < -0.3 is 9.26 Å². The zero-order chi connectivity index (χ0) is 12.7. The highest BCUT2D eigenvalue weighted by Crippen LogP contribution is 2.38. The number of rotatable bonds is 3. The summed E-state index contributed by atoms with van der Waals surface area (Å²) in [5.41, 5.74) is 0.